The molecule has 8 atom stereocenters. The van der Waals surface area contributed by atoms with Gasteiger partial charge in [-0.15, -0.1) is 23.1 Å². The molecule has 2 amide bonds. The van der Waals surface area contributed by atoms with E-state index in [4.69, 9.17) is 0 Å². The lowest BCUT2D eigenvalue weighted by Gasteiger charge is -2.42. The van der Waals surface area contributed by atoms with Crippen LogP contribution in [-0.4, -0.2) is 39.0 Å². The number of thioether (sulfide) groups is 1. The van der Waals surface area contributed by atoms with Crippen LogP contribution in [0.1, 0.15) is 35.9 Å². The van der Waals surface area contributed by atoms with Gasteiger partial charge in [0.15, 0.2) is 0 Å². The predicted molar refractivity (Wildman–Crippen MR) is 118 cm³/mol. The number of hydrogen-bond acceptors (Lipinski definition) is 8. The Balaban J connectivity index is 1.43. The number of thiazole rings is 1. The molecule has 2 aromatic rings. The minimum Gasteiger partial charge on any atom is -0.548 e. The maximum Gasteiger partial charge on any atom is 0.305 e. The van der Waals surface area contributed by atoms with Crippen molar-refractivity contribution in [1.82, 2.24) is 9.88 Å². The number of hydrogen-bond donors (Lipinski definition) is 1. The number of carbonyl (C=O) groups is 3. The van der Waals surface area contributed by atoms with Crippen LogP contribution in [0.3, 0.4) is 0 Å². The third-order valence-corrected chi connectivity index (χ3v) is 11.3. The molecule has 7 nitrogen and oxygen atoms in total. The van der Waals surface area contributed by atoms with E-state index >= 15 is 0 Å². The van der Waals surface area contributed by atoms with Gasteiger partial charge < -0.3 is 14.9 Å². The van der Waals surface area contributed by atoms with E-state index in [0.717, 1.165) is 21.2 Å². The van der Waals surface area contributed by atoms with E-state index < -0.39 is 29.8 Å². The second-order valence-corrected chi connectivity index (χ2v) is 12.7. The maximum absolute atomic E-state index is 13.5. The number of rotatable bonds is 4. The van der Waals surface area contributed by atoms with Gasteiger partial charge in [-0.25, -0.2) is 0 Å². The molecule has 1 saturated heterocycles. The van der Waals surface area contributed by atoms with Crippen molar-refractivity contribution in [3.8, 4) is 0 Å². The van der Waals surface area contributed by atoms with E-state index in [1.807, 2.05) is 11.4 Å². The van der Waals surface area contributed by atoms with Crippen molar-refractivity contribution in [3.63, 3.8) is 0 Å². The maximum atomic E-state index is 13.5. The SMILES string of the molecule is CC(C)[C@@H](C(=O)[O-])N1C(=O)[C@@H]2[C@@H]3C[C@H]([C@@H]2C1=O)[C@H]1[C@H](c2cccs2)c2sc(=O)[nH]c2S[C@@H]31. The number of aromatic nitrogens is 1. The fourth-order valence-corrected chi connectivity index (χ4v) is 10.6. The van der Waals surface area contributed by atoms with Crippen LogP contribution >= 0.6 is 34.4 Å². The van der Waals surface area contributed by atoms with Gasteiger partial charge in [-0.2, -0.15) is 0 Å². The molecule has 2 saturated carbocycles. The Labute approximate surface area is 196 Å². The third kappa shape index (κ3) is 2.60. The summed E-state index contributed by atoms with van der Waals surface area (Å²) < 4.78 is 0. The first-order chi connectivity index (χ1) is 15.3. The molecular formula is C22H21N2O5S3-. The molecule has 2 bridgehead atoms. The summed E-state index contributed by atoms with van der Waals surface area (Å²) in [5.41, 5.74) is 0. The van der Waals surface area contributed by atoms with Gasteiger partial charge in [0.2, 0.25) is 11.8 Å². The molecule has 168 valence electrons. The second-order valence-electron chi connectivity index (χ2n) is 9.53. The van der Waals surface area contributed by atoms with Crippen LogP contribution in [0.2, 0.25) is 0 Å². The van der Waals surface area contributed by atoms with Crippen molar-refractivity contribution in [1.29, 1.82) is 0 Å². The standard InChI is InChI=1S/C22H22N2O5S3/c1-7(2)15(21(27)28)24-19(25)12-8-6-9(13(12)20(24)26)16-11(8)14(10-4-3-5-30-10)17-18(31-16)23-22(29)32-17/h3-5,7-9,11-16H,6H2,1-2H3,(H,23,29)(H,27,28)/p-1/t8-,9-,11-,12-,13+,14-,15-,16-/m0/s1. The van der Waals surface area contributed by atoms with Crippen LogP contribution in [0.15, 0.2) is 27.3 Å². The molecule has 0 radical (unpaired) electrons. The van der Waals surface area contributed by atoms with Gasteiger partial charge >= 0.3 is 4.87 Å². The minimum atomic E-state index is -1.38. The second kappa shape index (κ2) is 7.04. The first kappa shape index (κ1) is 20.7. The Kier molecular flexibility index (Phi) is 4.55. The number of aromatic amines is 1. The summed E-state index contributed by atoms with van der Waals surface area (Å²) in [6.45, 7) is 3.39. The van der Waals surface area contributed by atoms with Crippen molar-refractivity contribution >= 4 is 52.2 Å². The molecule has 10 heteroatoms. The van der Waals surface area contributed by atoms with Gasteiger partial charge in [0, 0.05) is 20.9 Å². The molecular weight excluding hydrogens is 468 g/mol. The first-order valence-corrected chi connectivity index (χ1v) is 13.4. The fourth-order valence-electron chi connectivity index (χ4n) is 6.78. The Morgan fingerprint density at radius 1 is 1.19 bits per heavy atom. The number of imide groups is 1. The van der Waals surface area contributed by atoms with E-state index in [2.05, 4.69) is 11.1 Å². The zero-order chi connectivity index (χ0) is 22.5. The molecule has 32 heavy (non-hydrogen) atoms. The number of H-pyrrole nitrogens is 1. The summed E-state index contributed by atoms with van der Waals surface area (Å²) >= 11 is 4.53. The molecule has 1 N–H and O–H groups in total. The Hall–Kier alpha value is -1.91. The van der Waals surface area contributed by atoms with Gasteiger partial charge in [-0.3, -0.25) is 19.3 Å². The normalized spacial score (nSPS) is 35.8. The minimum absolute atomic E-state index is 0.00373. The van der Waals surface area contributed by atoms with E-state index in [9.17, 15) is 24.3 Å². The molecule has 0 spiro atoms. The van der Waals surface area contributed by atoms with Gasteiger partial charge in [-0.05, 0) is 41.5 Å². The topological polar surface area (TPSA) is 110 Å². The summed E-state index contributed by atoms with van der Waals surface area (Å²) in [5, 5.41) is 14.8. The Morgan fingerprint density at radius 2 is 1.91 bits per heavy atom. The molecule has 6 rings (SSSR count). The van der Waals surface area contributed by atoms with E-state index in [1.54, 1.807) is 36.9 Å². The van der Waals surface area contributed by atoms with Crippen molar-refractivity contribution in [3.05, 3.63) is 36.9 Å². The largest absolute Gasteiger partial charge is 0.548 e. The highest BCUT2D eigenvalue weighted by Crippen LogP contribution is 2.68. The molecule has 2 aliphatic heterocycles. The smallest absolute Gasteiger partial charge is 0.305 e. The van der Waals surface area contributed by atoms with Gasteiger partial charge in [0.1, 0.15) is 0 Å². The highest BCUT2D eigenvalue weighted by Gasteiger charge is 2.70. The third-order valence-electron chi connectivity index (χ3n) is 7.76. The zero-order valence-corrected chi connectivity index (χ0v) is 19.8. The number of carboxylic acid groups (broad SMARTS) is 1. The number of aliphatic carboxylic acids is 1. The lowest BCUT2D eigenvalue weighted by atomic mass is 9.69. The molecule has 3 fully saturated rings. The van der Waals surface area contributed by atoms with Crippen LogP contribution in [0, 0.1) is 35.5 Å². The van der Waals surface area contributed by atoms with Crippen LogP contribution in [0.25, 0.3) is 0 Å². The highest BCUT2D eigenvalue weighted by atomic mass is 32.2. The number of likely N-dealkylation sites (tertiary alicyclic amines) is 1. The number of nitrogens with one attached hydrogen (secondary N) is 1. The fraction of sp³-hybridized carbons (Fsp3) is 0.545. The van der Waals surface area contributed by atoms with Crippen molar-refractivity contribution < 1.29 is 19.5 Å². The van der Waals surface area contributed by atoms with Crippen LogP contribution in [0.5, 0.6) is 0 Å². The van der Waals surface area contributed by atoms with Gasteiger partial charge in [0.05, 0.1) is 28.9 Å². The lowest BCUT2D eigenvalue weighted by Crippen LogP contribution is -2.54. The molecule has 0 aromatic carbocycles. The van der Waals surface area contributed by atoms with Crippen molar-refractivity contribution in [2.75, 3.05) is 0 Å². The van der Waals surface area contributed by atoms with Crippen LogP contribution in [0.4, 0.5) is 0 Å². The zero-order valence-electron chi connectivity index (χ0n) is 17.3. The number of thiophene rings is 1. The van der Waals surface area contributed by atoms with Gasteiger partial charge in [0.25, 0.3) is 0 Å². The summed E-state index contributed by atoms with van der Waals surface area (Å²) in [4.78, 5) is 57.1. The number of nitrogens with zero attached hydrogens (tertiary/aromatic N) is 1. The molecule has 0 unspecified atom stereocenters. The average molecular weight is 490 g/mol. The number of carboxylic acids is 1. The lowest BCUT2D eigenvalue weighted by molar-refractivity contribution is -0.312. The quantitative estimate of drug-likeness (QED) is 0.655. The van der Waals surface area contributed by atoms with E-state index in [1.165, 1.54) is 16.2 Å². The van der Waals surface area contributed by atoms with E-state index in [0.29, 0.717) is 0 Å². The van der Waals surface area contributed by atoms with E-state index in [-0.39, 0.29) is 45.6 Å². The highest BCUT2D eigenvalue weighted by molar-refractivity contribution is 8.00. The molecule has 2 aromatic heterocycles. The molecule has 4 heterocycles. The van der Waals surface area contributed by atoms with Crippen LogP contribution < -0.4 is 9.98 Å². The molecule has 4 aliphatic rings. The van der Waals surface area contributed by atoms with Crippen LogP contribution in [-0.2, 0) is 14.4 Å². The summed E-state index contributed by atoms with van der Waals surface area (Å²) in [7, 11) is 0. The first-order valence-electron chi connectivity index (χ1n) is 10.8. The Morgan fingerprint density at radius 3 is 2.53 bits per heavy atom. The summed E-state index contributed by atoms with van der Waals surface area (Å²) in [6, 6.07) is 2.85. The average Bonchev–Trinajstić information content (AvgIpc) is 3.51. The summed E-state index contributed by atoms with van der Waals surface area (Å²) in [5.74, 6) is -3.30. The number of amides is 2. The van der Waals surface area contributed by atoms with Crippen molar-refractivity contribution in [2.45, 2.75) is 42.5 Å². The van der Waals surface area contributed by atoms with Crippen molar-refractivity contribution in [2.24, 2.45) is 35.5 Å². The Bertz CT molecular complexity index is 1180. The molecule has 2 aliphatic carbocycles. The predicted octanol–water partition coefficient (Wildman–Crippen LogP) is 1.75. The van der Waals surface area contributed by atoms with Gasteiger partial charge in [-0.1, -0.05) is 31.3 Å². The number of fused-ring (bicyclic) bond motifs is 9. The summed E-state index contributed by atoms with van der Waals surface area (Å²) in [6.07, 6.45) is 0.793. The number of carbonyl (C=O) groups excluding carboxylic acids is 3. The monoisotopic (exact) mass is 489 g/mol.